The number of primary amides is 12. The number of nitrogens with one attached hydrogen (secondary N) is 10. The normalized spacial score (nSPS) is 10.1. The zero-order chi connectivity index (χ0) is 96.3. The average molecular weight is 1960 g/mol. The molecule has 34 N–H and O–H groups in total. The Morgan fingerprint density at radius 3 is 1.33 bits per heavy atom. The van der Waals surface area contributed by atoms with Gasteiger partial charge in [-0.15, -0.1) is 0 Å². The molecule has 0 radical (unpaired) electrons. The van der Waals surface area contributed by atoms with Gasteiger partial charge in [-0.25, -0.2) is 77.5 Å². The Morgan fingerprint density at radius 2 is 0.929 bits per heavy atom. The molecule has 1 aromatic carbocycles. The van der Waals surface area contributed by atoms with Crippen LogP contribution in [0.1, 0.15) is 183 Å². The minimum Gasteiger partial charge on any atom is -1.00 e. The van der Waals surface area contributed by atoms with Gasteiger partial charge in [0.05, 0.1) is 45.7 Å². The van der Waals surface area contributed by atoms with Crippen LogP contribution in [0.4, 0.5) is 68.9 Å². The Kier molecular flexibility index (Phi) is 98.0. The molecule has 3 aromatic rings. The van der Waals surface area contributed by atoms with Crippen molar-refractivity contribution in [1.29, 1.82) is 0 Å². The molecule has 0 spiro atoms. The van der Waals surface area contributed by atoms with Crippen LogP contribution in [0.2, 0.25) is 6.04 Å². The Morgan fingerprint density at radius 1 is 0.484 bits per heavy atom. The summed E-state index contributed by atoms with van der Waals surface area (Å²) in [5, 5.41) is 19.7. The van der Waals surface area contributed by atoms with E-state index in [0.717, 1.165) is 69.6 Å². The van der Waals surface area contributed by atoms with Crippen LogP contribution in [0.5, 0.6) is 0 Å². The summed E-state index contributed by atoms with van der Waals surface area (Å²) in [7, 11) is -0.798. The lowest BCUT2D eigenvalue weighted by Crippen LogP contribution is -3.00. The number of amides is 24. The van der Waals surface area contributed by atoms with Crippen LogP contribution >= 0.6 is 7.60 Å². The topological polar surface area (TPSA) is 753 Å². The number of hydrogen-bond acceptors (Lipinski definition) is 22. The number of halogens is 1. The van der Waals surface area contributed by atoms with Crippen molar-refractivity contribution in [2.24, 2.45) is 74.7 Å². The van der Waals surface area contributed by atoms with E-state index in [9.17, 15) is 57.3 Å². The Labute approximate surface area is 762 Å². The summed E-state index contributed by atoms with van der Waals surface area (Å²) in [5.41, 5.74) is 61.7. The highest BCUT2D eigenvalue weighted by Gasteiger charge is 2.39. The SMILES string of the molecule is CCCCC(CC)COCCCNC(N)=O.CCCCCCCCCCCCNC(N)=O.CCCNC(=O)Nc1ccncc1.CCOP(=O)(Cc1ccc(NC(N)=O)cc1)OCC.CCO[Si](CCCNC(N)=O)(OCC)OCC.CN(C)C(N)=O.COCCOCCn1cc[n+](CCCNC(N)=O)c1.NC(=O)NC(N)=O.NC(=O)NNC(N)=O.NC(N)=O.[I-]. The van der Waals surface area contributed by atoms with Crippen LogP contribution in [0, 0.1) is 5.92 Å². The number of hydrogen-bond donors (Lipinski definition) is 22. The number of nitrogens with zero attached hydrogens (tertiary/aromatic N) is 4. The van der Waals surface area contributed by atoms with E-state index in [1.165, 1.54) is 88.4 Å². The summed E-state index contributed by atoms with van der Waals surface area (Å²) >= 11 is 0. The van der Waals surface area contributed by atoms with Crippen LogP contribution in [0.3, 0.4) is 0 Å². The third kappa shape index (κ3) is 106. The predicted molar refractivity (Wildman–Crippen MR) is 483 cm³/mol. The van der Waals surface area contributed by atoms with Crippen LogP contribution in [-0.4, -0.2) is 216 Å². The first-order chi connectivity index (χ1) is 59.2. The van der Waals surface area contributed by atoms with Crippen LogP contribution in [0.25, 0.3) is 0 Å². The molecule has 0 bridgehead atoms. The number of carbonyl (C=O) groups is 12. The Bertz CT molecular complexity index is 3210. The maximum absolute atomic E-state index is 12.3. The van der Waals surface area contributed by atoms with Gasteiger partial charge in [-0.2, -0.15) is 0 Å². The molecule has 0 saturated carbocycles. The standard InChI is InChI=1S/C13H28N2O.C12H22N4O3.C12H19N2O4P.C12H26N2O2.C10H24N2O4Si.C9H13N3O.C3H8N2O.C2H6N4O2.C2H5N3O2.CH4N2O.HI/c1-2-3-4-5-6-7-8-9-10-11-12-15-13(14)16;1-18-9-10-19-8-7-16-6-5-15(11-16)4-2-3-14-12(13)17;1-3-17-19(16,18-4-2)9-10-5-7-11(8-6-10)14-12(13)15;1-3-5-7-11(4-2)10-16-9-6-8-14-12(13)15;1-4-14-17(15-5-2,16-6-3)9-7-8-12-10(11)13;1-2-5-11-9(13)12-8-3-6-10-7-4-8;1-5(2)3(4)6;3-1(7)5-6-2(4)8;3-1(6)5-2(4)7;2-1(3)4;/h2-12H2,1H3,(H3,14,15,16);5-6,11H,2-4,7-10H2,1H3,(H2-,13,14,17);5-8H,3-4,9H2,1-2H3,(H3,13,14,15);11H,3-10H2,1-2H3,(H3,13,14,15);4-9H2,1-3H3,(H3,11,12,13);3-4,6-7H,2,5H2,1H3,(H2,10,11,12,13);1-2H3,(H2,4,6);(H3,3,5,7)(H3,4,6,8);(H5,3,4,5,6,7);(H4,2,3,4);1H. The highest BCUT2D eigenvalue weighted by atomic mass is 127. The van der Waals surface area contributed by atoms with Crippen LogP contribution < -0.4 is 151 Å². The first-order valence-electron chi connectivity index (χ1n) is 41.4. The summed E-state index contributed by atoms with van der Waals surface area (Å²) in [6, 6.07) is 3.54. The zero-order valence-electron chi connectivity index (χ0n) is 76.2. The Balaban J connectivity index is -0.000000210. The third-order valence-electron chi connectivity index (χ3n) is 14.8. The van der Waals surface area contributed by atoms with E-state index < -0.39 is 82.7 Å². The Hall–Kier alpha value is -10.1. The van der Waals surface area contributed by atoms with Gasteiger partial charge in [0.2, 0.25) is 6.33 Å². The lowest BCUT2D eigenvalue weighted by atomic mass is 10.0. The van der Waals surface area contributed by atoms with Gasteiger partial charge >= 0.3 is 88.8 Å². The largest absolute Gasteiger partial charge is 1.00 e. The minimum absolute atomic E-state index is 0. The number of rotatable bonds is 51. The maximum atomic E-state index is 12.3. The molecule has 2 aromatic heterocycles. The van der Waals surface area contributed by atoms with Crippen molar-refractivity contribution in [1.82, 2.24) is 57.2 Å². The second-order valence-corrected chi connectivity index (χ2v) is 30.8. The number of nitrogens with two attached hydrogens (primary N) is 12. The maximum Gasteiger partial charge on any atom is 0.500 e. The molecule has 732 valence electrons. The molecular formula is C76H156IN26O21PSi. The number of imide groups is 1. The summed E-state index contributed by atoms with van der Waals surface area (Å²) in [4.78, 5) is 126. The van der Waals surface area contributed by atoms with Crippen molar-refractivity contribution < 1.29 is 127 Å². The van der Waals surface area contributed by atoms with Crippen molar-refractivity contribution in [2.75, 3.05) is 131 Å². The van der Waals surface area contributed by atoms with Gasteiger partial charge in [-0.3, -0.25) is 14.9 Å². The molecule has 3 rings (SSSR count). The number of aryl methyl sites for hydroxylation is 1. The molecule has 0 fully saturated rings. The molecule has 47 nitrogen and oxygen atoms in total. The van der Waals surface area contributed by atoms with E-state index in [1.807, 2.05) is 46.4 Å². The van der Waals surface area contributed by atoms with Gasteiger partial charge < -0.3 is 171 Å². The summed E-state index contributed by atoms with van der Waals surface area (Å²) in [6.07, 6.45) is 30.9. The van der Waals surface area contributed by atoms with E-state index in [0.29, 0.717) is 103 Å². The van der Waals surface area contributed by atoms with Gasteiger partial charge in [0.15, 0.2) is 0 Å². The minimum atomic E-state index is -3.10. The summed E-state index contributed by atoms with van der Waals surface area (Å²) in [5.74, 6) is 0.684. The molecule has 0 saturated heterocycles. The van der Waals surface area contributed by atoms with Gasteiger partial charge in [0.1, 0.15) is 18.9 Å². The molecule has 50 heteroatoms. The molecule has 1 unspecified atom stereocenters. The molecule has 0 aliphatic rings. The van der Waals surface area contributed by atoms with E-state index >= 15 is 0 Å². The molecule has 126 heavy (non-hydrogen) atoms. The number of hydrazine groups is 1. The van der Waals surface area contributed by atoms with Crippen molar-refractivity contribution in [3.63, 3.8) is 0 Å². The van der Waals surface area contributed by atoms with Crippen molar-refractivity contribution in [3.05, 3.63) is 73.1 Å². The number of imidazole rings is 1. The van der Waals surface area contributed by atoms with Crippen LogP contribution in [0.15, 0.2) is 67.5 Å². The van der Waals surface area contributed by atoms with Gasteiger partial charge in [-0.1, -0.05) is 117 Å². The second kappa shape index (κ2) is 94.0. The number of methoxy groups -OCH3 is 1. The van der Waals surface area contributed by atoms with Crippen molar-refractivity contribution in [3.8, 4) is 0 Å². The molecule has 0 aliphatic carbocycles. The number of benzene rings is 1. The van der Waals surface area contributed by atoms with E-state index in [2.05, 4.69) is 107 Å². The van der Waals surface area contributed by atoms with Crippen molar-refractivity contribution in [2.45, 2.75) is 203 Å². The highest BCUT2D eigenvalue weighted by Crippen LogP contribution is 2.51. The smallest absolute Gasteiger partial charge is 0.500 e. The predicted octanol–water partition coefficient (Wildman–Crippen LogP) is 3.63. The highest BCUT2D eigenvalue weighted by molar-refractivity contribution is 7.53. The molecule has 24 amide bonds. The molecule has 0 aliphatic heterocycles. The average Bonchev–Trinajstić information content (AvgIpc) is 1.17. The van der Waals surface area contributed by atoms with Gasteiger partial charge in [-0.05, 0) is 102 Å². The van der Waals surface area contributed by atoms with Crippen LogP contribution in [-0.2, 0) is 60.4 Å². The fraction of sp³-hybridized carbons (Fsp3) is 0.658. The summed E-state index contributed by atoms with van der Waals surface area (Å²) in [6.45, 7) is 28.6. The molecule has 1 atom stereocenters. The second-order valence-electron chi connectivity index (χ2n) is 26.0. The fourth-order valence-electron chi connectivity index (χ4n) is 9.14. The van der Waals surface area contributed by atoms with E-state index in [4.69, 9.17) is 75.7 Å². The number of ether oxygens (including phenoxy) is 3. The summed E-state index contributed by atoms with van der Waals surface area (Å²) < 4.78 is 59.7. The van der Waals surface area contributed by atoms with E-state index in [1.54, 1.807) is 100 Å². The molecule has 2 heterocycles. The monoisotopic (exact) mass is 1960 g/mol. The third-order valence-corrected chi connectivity index (χ3v) is 20.0. The van der Waals surface area contributed by atoms with Crippen molar-refractivity contribution >= 4 is 100 Å². The fourth-order valence-corrected chi connectivity index (χ4v) is 13.5. The van der Waals surface area contributed by atoms with E-state index in [-0.39, 0.29) is 36.2 Å². The van der Waals surface area contributed by atoms with Gasteiger partial charge in [0.25, 0.3) is 0 Å². The lowest BCUT2D eigenvalue weighted by molar-refractivity contribution is -0.696. The first-order valence-corrected chi connectivity index (χ1v) is 45.1. The molecular weight excluding hydrogens is 1800 g/mol. The quantitative estimate of drug-likeness (QED) is 0.00958. The number of urea groups is 12. The zero-order valence-corrected chi connectivity index (χ0v) is 80.3. The number of anilines is 2. The first kappa shape index (κ1) is 131. The van der Waals surface area contributed by atoms with Gasteiger partial charge in [0, 0.05) is 123 Å². The number of unbranched alkanes of at least 4 members (excludes halogenated alkanes) is 10. The number of carbonyl (C=O) groups excluding carboxylic acids is 12. The number of aromatic nitrogens is 3. The number of pyridine rings is 1. The lowest BCUT2D eigenvalue weighted by Gasteiger charge is -2.28.